The van der Waals surface area contributed by atoms with E-state index in [0.717, 1.165) is 18.7 Å². The van der Waals surface area contributed by atoms with E-state index in [-0.39, 0.29) is 6.04 Å². The predicted octanol–water partition coefficient (Wildman–Crippen LogP) is 2.36. The maximum absolute atomic E-state index is 8.91. The van der Waals surface area contributed by atoms with Gasteiger partial charge in [-0.2, -0.15) is 5.26 Å². The number of benzene rings is 1. The Balaban J connectivity index is 2.69. The molecule has 3 N–H and O–H groups in total. The van der Waals surface area contributed by atoms with Crippen molar-refractivity contribution in [3.8, 4) is 6.07 Å². The smallest absolute Gasteiger partial charge is 0.103 e. The van der Waals surface area contributed by atoms with Crippen LogP contribution in [0.5, 0.6) is 0 Å². The molecule has 0 aliphatic rings. The van der Waals surface area contributed by atoms with Crippen LogP contribution in [0.1, 0.15) is 18.9 Å². The second kappa shape index (κ2) is 5.59. The number of nitrogens with zero attached hydrogens (tertiary/aromatic N) is 1. The largest absolute Gasteiger partial charge is 0.384 e. The van der Waals surface area contributed by atoms with Crippen molar-refractivity contribution >= 4 is 17.3 Å². The Hall–Kier alpha value is -1.24. The molecule has 0 aliphatic heterocycles. The van der Waals surface area contributed by atoms with Gasteiger partial charge < -0.3 is 11.1 Å². The summed E-state index contributed by atoms with van der Waals surface area (Å²) in [4.78, 5) is 0. The van der Waals surface area contributed by atoms with E-state index in [2.05, 4.69) is 11.4 Å². The molecule has 0 amide bonds. The molecule has 1 aromatic rings. The summed E-state index contributed by atoms with van der Waals surface area (Å²) in [6, 6.07) is 7.59. The Morgan fingerprint density at radius 1 is 1.60 bits per heavy atom. The van der Waals surface area contributed by atoms with Crippen molar-refractivity contribution in [2.24, 2.45) is 5.73 Å². The summed E-state index contributed by atoms with van der Waals surface area (Å²) in [5.74, 6) is 0. The summed E-state index contributed by atoms with van der Waals surface area (Å²) in [5, 5.41) is 12.5. The summed E-state index contributed by atoms with van der Waals surface area (Å²) < 4.78 is 0. The van der Waals surface area contributed by atoms with Gasteiger partial charge in [-0.1, -0.05) is 17.7 Å². The number of nitrogens with two attached hydrogens (primary N) is 1. The first kappa shape index (κ1) is 11.8. The molecular formula is C11H14ClN3. The Bertz CT molecular complexity index is 369. The van der Waals surface area contributed by atoms with E-state index < -0.39 is 0 Å². The Labute approximate surface area is 94.8 Å². The second-order valence-corrected chi connectivity index (χ2v) is 3.87. The minimum Gasteiger partial charge on any atom is -0.384 e. The molecule has 1 aromatic carbocycles. The molecule has 1 unspecified atom stereocenters. The molecule has 80 valence electrons. The molecule has 1 rings (SSSR count). The number of nitriles is 1. The first-order chi connectivity index (χ1) is 7.15. The highest BCUT2D eigenvalue weighted by atomic mass is 35.5. The second-order valence-electron chi connectivity index (χ2n) is 3.47. The lowest BCUT2D eigenvalue weighted by atomic mass is 10.2. The molecule has 0 bridgehead atoms. The van der Waals surface area contributed by atoms with Gasteiger partial charge >= 0.3 is 0 Å². The summed E-state index contributed by atoms with van der Waals surface area (Å²) in [5.41, 5.74) is 6.88. The number of nitrogens with one attached hydrogen (secondary N) is 1. The van der Waals surface area contributed by atoms with Crippen LogP contribution in [-0.4, -0.2) is 12.6 Å². The van der Waals surface area contributed by atoms with E-state index in [0.29, 0.717) is 10.6 Å². The van der Waals surface area contributed by atoms with Crippen molar-refractivity contribution in [1.29, 1.82) is 5.26 Å². The lowest BCUT2D eigenvalue weighted by Gasteiger charge is -2.10. The highest BCUT2D eigenvalue weighted by Gasteiger charge is 2.05. The molecule has 0 saturated heterocycles. The molecule has 4 heteroatoms. The molecule has 1 atom stereocenters. The van der Waals surface area contributed by atoms with Gasteiger partial charge in [0.15, 0.2) is 0 Å². The van der Waals surface area contributed by atoms with Gasteiger partial charge in [0.05, 0.1) is 16.3 Å². The van der Waals surface area contributed by atoms with Gasteiger partial charge in [0.1, 0.15) is 6.07 Å². The van der Waals surface area contributed by atoms with Gasteiger partial charge in [-0.05, 0) is 25.5 Å². The van der Waals surface area contributed by atoms with Crippen LogP contribution in [0.2, 0.25) is 5.02 Å². The standard InChI is InChI=1S/C11H14ClN3/c1-8(14)5-6-15-11-4-2-3-10(12)9(11)7-13/h2-4,8,15H,5-6,14H2,1H3. The first-order valence-corrected chi connectivity index (χ1v) is 5.21. The molecule has 0 aromatic heterocycles. The van der Waals surface area contributed by atoms with Crippen molar-refractivity contribution in [2.45, 2.75) is 19.4 Å². The van der Waals surface area contributed by atoms with Crippen molar-refractivity contribution in [3.05, 3.63) is 28.8 Å². The fraction of sp³-hybridized carbons (Fsp3) is 0.364. The van der Waals surface area contributed by atoms with Gasteiger partial charge in [-0.3, -0.25) is 0 Å². The highest BCUT2D eigenvalue weighted by molar-refractivity contribution is 6.32. The fourth-order valence-electron chi connectivity index (χ4n) is 1.22. The zero-order chi connectivity index (χ0) is 11.3. The molecule has 0 aliphatic carbocycles. The monoisotopic (exact) mass is 223 g/mol. The van der Waals surface area contributed by atoms with E-state index in [9.17, 15) is 0 Å². The number of rotatable bonds is 4. The van der Waals surface area contributed by atoms with Crippen LogP contribution < -0.4 is 11.1 Å². The minimum atomic E-state index is 0.155. The van der Waals surface area contributed by atoms with E-state index in [1.807, 2.05) is 19.1 Å². The van der Waals surface area contributed by atoms with E-state index in [1.54, 1.807) is 6.07 Å². The van der Waals surface area contributed by atoms with Crippen LogP contribution in [0, 0.1) is 11.3 Å². The molecule has 0 heterocycles. The van der Waals surface area contributed by atoms with Crippen LogP contribution in [-0.2, 0) is 0 Å². The maximum Gasteiger partial charge on any atom is 0.103 e. The van der Waals surface area contributed by atoms with Crippen molar-refractivity contribution in [3.63, 3.8) is 0 Å². The van der Waals surface area contributed by atoms with Crippen LogP contribution in [0.15, 0.2) is 18.2 Å². The van der Waals surface area contributed by atoms with Gasteiger partial charge in [0.2, 0.25) is 0 Å². The normalized spacial score (nSPS) is 11.9. The third-order valence-electron chi connectivity index (χ3n) is 2.04. The van der Waals surface area contributed by atoms with Gasteiger partial charge in [-0.15, -0.1) is 0 Å². The SMILES string of the molecule is CC(N)CCNc1cccc(Cl)c1C#N. The summed E-state index contributed by atoms with van der Waals surface area (Å²) in [7, 11) is 0. The maximum atomic E-state index is 8.91. The highest BCUT2D eigenvalue weighted by Crippen LogP contribution is 2.23. The third-order valence-corrected chi connectivity index (χ3v) is 2.36. The van der Waals surface area contributed by atoms with Crippen LogP contribution in [0.4, 0.5) is 5.69 Å². The van der Waals surface area contributed by atoms with Crippen LogP contribution in [0.3, 0.4) is 0 Å². The molecule has 0 spiro atoms. The average molecular weight is 224 g/mol. The summed E-state index contributed by atoms with van der Waals surface area (Å²) >= 11 is 5.88. The Morgan fingerprint density at radius 2 is 2.33 bits per heavy atom. The van der Waals surface area contributed by atoms with Crippen molar-refractivity contribution in [2.75, 3.05) is 11.9 Å². The van der Waals surface area contributed by atoms with Crippen molar-refractivity contribution in [1.82, 2.24) is 0 Å². The van der Waals surface area contributed by atoms with Crippen LogP contribution in [0.25, 0.3) is 0 Å². The average Bonchev–Trinajstić information content (AvgIpc) is 2.17. The first-order valence-electron chi connectivity index (χ1n) is 4.83. The lowest BCUT2D eigenvalue weighted by Crippen LogP contribution is -2.19. The fourth-order valence-corrected chi connectivity index (χ4v) is 1.44. The van der Waals surface area contributed by atoms with E-state index in [1.165, 1.54) is 0 Å². The zero-order valence-corrected chi connectivity index (χ0v) is 9.38. The summed E-state index contributed by atoms with van der Waals surface area (Å²) in [6.07, 6.45) is 0.859. The number of hydrogen-bond donors (Lipinski definition) is 2. The molecule has 0 saturated carbocycles. The quantitative estimate of drug-likeness (QED) is 0.824. The molecule has 3 nitrogen and oxygen atoms in total. The third kappa shape index (κ3) is 3.43. The van der Waals surface area contributed by atoms with Gasteiger partial charge in [-0.25, -0.2) is 0 Å². The molecule has 0 radical (unpaired) electrons. The molecular weight excluding hydrogens is 210 g/mol. The predicted molar refractivity (Wildman–Crippen MR) is 62.9 cm³/mol. The van der Waals surface area contributed by atoms with E-state index in [4.69, 9.17) is 22.6 Å². The van der Waals surface area contributed by atoms with Crippen LogP contribution >= 0.6 is 11.6 Å². The molecule has 15 heavy (non-hydrogen) atoms. The lowest BCUT2D eigenvalue weighted by molar-refractivity contribution is 0.690. The number of halogens is 1. The van der Waals surface area contributed by atoms with Crippen molar-refractivity contribution < 1.29 is 0 Å². The van der Waals surface area contributed by atoms with Gasteiger partial charge in [0.25, 0.3) is 0 Å². The Morgan fingerprint density at radius 3 is 2.93 bits per heavy atom. The Kier molecular flexibility index (Phi) is 4.41. The molecule has 0 fully saturated rings. The topological polar surface area (TPSA) is 61.8 Å². The van der Waals surface area contributed by atoms with E-state index >= 15 is 0 Å². The zero-order valence-electron chi connectivity index (χ0n) is 8.63. The minimum absolute atomic E-state index is 0.155. The number of hydrogen-bond acceptors (Lipinski definition) is 3. The number of anilines is 1. The summed E-state index contributed by atoms with van der Waals surface area (Å²) in [6.45, 7) is 2.69. The van der Waals surface area contributed by atoms with Gasteiger partial charge in [0, 0.05) is 12.6 Å².